The van der Waals surface area contributed by atoms with E-state index in [0.29, 0.717) is 48.0 Å². The first-order valence-corrected chi connectivity index (χ1v) is 15.6. The van der Waals surface area contributed by atoms with Gasteiger partial charge in [-0.1, -0.05) is 91.3 Å². The Balaban J connectivity index is 1.65. The highest BCUT2D eigenvalue weighted by Gasteiger charge is 2.37. The summed E-state index contributed by atoms with van der Waals surface area (Å²) in [4.78, 5) is 26.7. The fourth-order valence-corrected chi connectivity index (χ4v) is 7.09. The van der Waals surface area contributed by atoms with Crippen molar-refractivity contribution in [3.8, 4) is 0 Å². The van der Waals surface area contributed by atoms with Gasteiger partial charge in [-0.15, -0.1) is 0 Å². The zero-order chi connectivity index (χ0) is 28.7. The minimum absolute atomic E-state index is 0.0225. The van der Waals surface area contributed by atoms with Crippen molar-refractivity contribution in [2.24, 2.45) is 47.3 Å². The third-order valence-corrected chi connectivity index (χ3v) is 9.63. The average molecular weight is 538 g/mol. The van der Waals surface area contributed by atoms with Crippen LogP contribution in [-0.4, -0.2) is 24.4 Å². The predicted molar refractivity (Wildman–Crippen MR) is 162 cm³/mol. The van der Waals surface area contributed by atoms with E-state index in [1.54, 1.807) is 6.92 Å². The van der Waals surface area contributed by atoms with Gasteiger partial charge in [0.05, 0.1) is 6.04 Å². The van der Waals surface area contributed by atoms with Crippen LogP contribution in [0.25, 0.3) is 0 Å². The van der Waals surface area contributed by atoms with Crippen molar-refractivity contribution < 1.29 is 9.59 Å². The van der Waals surface area contributed by atoms with Crippen LogP contribution >= 0.6 is 0 Å². The summed E-state index contributed by atoms with van der Waals surface area (Å²) in [5.41, 5.74) is 2.13. The molecule has 0 bridgehead atoms. The number of benzene rings is 1. The van der Waals surface area contributed by atoms with Crippen LogP contribution in [0.15, 0.2) is 42.6 Å². The molecule has 8 atom stereocenters. The van der Waals surface area contributed by atoms with E-state index in [1.165, 1.54) is 19.3 Å². The van der Waals surface area contributed by atoms with Gasteiger partial charge in [0.25, 0.3) is 0 Å². The second-order valence-electron chi connectivity index (χ2n) is 13.5. The molecule has 1 aromatic rings. The highest BCUT2D eigenvalue weighted by Crippen LogP contribution is 2.41. The fraction of sp³-hybridized carbons (Fsp3) is 0.706. The van der Waals surface area contributed by atoms with Crippen LogP contribution in [0.1, 0.15) is 98.6 Å². The van der Waals surface area contributed by atoms with E-state index in [4.69, 9.17) is 0 Å². The zero-order valence-corrected chi connectivity index (χ0v) is 25.6. The number of nitrogens with one attached hydrogen (secondary N) is 3. The summed E-state index contributed by atoms with van der Waals surface area (Å²) in [7, 11) is 0. The first-order valence-electron chi connectivity index (χ1n) is 15.6. The van der Waals surface area contributed by atoms with Crippen LogP contribution in [0.4, 0.5) is 0 Å². The Morgan fingerprint density at radius 2 is 1.36 bits per heavy atom. The topological polar surface area (TPSA) is 70.2 Å². The van der Waals surface area contributed by atoms with Crippen LogP contribution in [-0.2, 0) is 9.59 Å². The molecule has 0 spiro atoms. The molecule has 218 valence electrons. The summed E-state index contributed by atoms with van der Waals surface area (Å²) in [6.07, 6.45) is 6.86. The van der Waals surface area contributed by atoms with E-state index in [1.807, 2.05) is 18.2 Å². The third-order valence-electron chi connectivity index (χ3n) is 9.63. The number of hydrogen-bond acceptors (Lipinski definition) is 3. The molecule has 0 saturated heterocycles. The van der Waals surface area contributed by atoms with Crippen molar-refractivity contribution >= 4 is 11.8 Å². The minimum Gasteiger partial charge on any atom is -0.386 e. The first-order chi connectivity index (χ1) is 18.5. The van der Waals surface area contributed by atoms with Crippen LogP contribution in [0.3, 0.4) is 0 Å². The van der Waals surface area contributed by atoms with Crippen LogP contribution in [0.5, 0.6) is 0 Å². The maximum Gasteiger partial charge on any atom is 0.242 e. The highest BCUT2D eigenvalue weighted by atomic mass is 16.2. The Morgan fingerprint density at radius 1 is 0.821 bits per heavy atom. The molecular weight excluding hydrogens is 482 g/mol. The smallest absolute Gasteiger partial charge is 0.242 e. The SMILES string of the molecule is C=C(NCC(NC(=O)C(C)NC(=O)C1CC(C)CCC1C(C)C)c1ccccc1)C1CC(C)CC[C@H]1C(C)C. The molecule has 0 radical (unpaired) electrons. The van der Waals surface area contributed by atoms with Gasteiger partial charge >= 0.3 is 0 Å². The maximum absolute atomic E-state index is 13.4. The summed E-state index contributed by atoms with van der Waals surface area (Å²) < 4.78 is 0. The number of carbonyl (C=O) groups excluding carboxylic acids is 2. The summed E-state index contributed by atoms with van der Waals surface area (Å²) in [6, 6.07) is 9.28. The molecule has 2 fully saturated rings. The van der Waals surface area contributed by atoms with E-state index in [-0.39, 0.29) is 23.8 Å². The van der Waals surface area contributed by atoms with Crippen molar-refractivity contribution in [1.29, 1.82) is 0 Å². The van der Waals surface area contributed by atoms with Gasteiger partial charge in [0, 0.05) is 24.1 Å². The van der Waals surface area contributed by atoms with Crippen LogP contribution in [0.2, 0.25) is 0 Å². The largest absolute Gasteiger partial charge is 0.386 e. The average Bonchev–Trinajstić information content (AvgIpc) is 2.90. The zero-order valence-electron chi connectivity index (χ0n) is 25.6. The Bertz CT molecular complexity index is 943. The summed E-state index contributed by atoms with van der Waals surface area (Å²) >= 11 is 0. The molecule has 3 N–H and O–H groups in total. The standard InChI is InChI=1S/C34H55N3O2/c1-21(2)28-16-14-23(5)18-30(28)25(7)35-20-32(27-12-10-9-11-13-27)37-33(38)26(8)36-34(39)31-19-24(6)15-17-29(31)22(3)4/h9-13,21-24,26,28-32,35H,7,14-20H2,1-6,8H3,(H,36,39)(H,37,38)/t23?,24?,26?,28-,29?,30?,31?,32?/m0/s1. The van der Waals surface area contributed by atoms with Crippen LogP contribution < -0.4 is 16.0 Å². The molecule has 3 rings (SSSR count). The third kappa shape index (κ3) is 8.59. The van der Waals surface area contributed by atoms with Gasteiger partial charge < -0.3 is 16.0 Å². The Morgan fingerprint density at radius 3 is 1.92 bits per heavy atom. The molecule has 2 aliphatic carbocycles. The molecule has 0 aliphatic heterocycles. The molecule has 2 saturated carbocycles. The van der Waals surface area contributed by atoms with Crippen molar-refractivity contribution in [2.45, 2.75) is 99.1 Å². The first kappa shape index (κ1) is 31.2. The molecule has 0 heterocycles. The van der Waals surface area contributed by atoms with Crippen molar-refractivity contribution in [1.82, 2.24) is 16.0 Å². The highest BCUT2D eigenvalue weighted by molar-refractivity contribution is 5.88. The number of carbonyl (C=O) groups is 2. The van der Waals surface area contributed by atoms with Gasteiger partial charge in [-0.25, -0.2) is 0 Å². The Kier molecular flexibility index (Phi) is 11.5. The van der Waals surface area contributed by atoms with Gasteiger partial charge in [0.1, 0.15) is 6.04 Å². The fourth-order valence-electron chi connectivity index (χ4n) is 7.09. The Hall–Kier alpha value is -2.30. The van der Waals surface area contributed by atoms with E-state index in [9.17, 15) is 9.59 Å². The lowest BCUT2D eigenvalue weighted by atomic mass is 9.69. The van der Waals surface area contributed by atoms with E-state index < -0.39 is 6.04 Å². The van der Waals surface area contributed by atoms with Gasteiger partial charge in [-0.2, -0.15) is 0 Å². The molecular formula is C34H55N3O2. The number of hydrogen-bond donors (Lipinski definition) is 3. The molecule has 2 amide bonds. The van der Waals surface area contributed by atoms with Gasteiger partial charge in [0.15, 0.2) is 0 Å². The Labute approximate surface area is 238 Å². The second kappa shape index (κ2) is 14.4. The molecule has 5 nitrogen and oxygen atoms in total. The summed E-state index contributed by atoms with van der Waals surface area (Å²) in [5, 5.41) is 9.91. The van der Waals surface area contributed by atoms with Gasteiger partial charge in [-0.3, -0.25) is 9.59 Å². The molecule has 2 aliphatic rings. The lowest BCUT2D eigenvalue weighted by Gasteiger charge is -2.39. The predicted octanol–water partition coefficient (Wildman–Crippen LogP) is 6.87. The van der Waals surface area contributed by atoms with Gasteiger partial charge in [0.2, 0.25) is 11.8 Å². The number of rotatable bonds is 11. The van der Waals surface area contributed by atoms with E-state index in [2.05, 4.69) is 76.2 Å². The quantitative estimate of drug-likeness (QED) is 0.288. The molecule has 0 aromatic heterocycles. The van der Waals surface area contributed by atoms with Crippen molar-refractivity contribution in [2.75, 3.05) is 6.54 Å². The molecule has 5 heteroatoms. The van der Waals surface area contributed by atoms with Gasteiger partial charge in [-0.05, 0) is 73.7 Å². The number of allylic oxidation sites excluding steroid dienone is 1. The monoisotopic (exact) mass is 537 g/mol. The maximum atomic E-state index is 13.4. The molecule has 1 aromatic carbocycles. The lowest BCUT2D eigenvalue weighted by molar-refractivity contribution is -0.134. The van der Waals surface area contributed by atoms with Crippen LogP contribution in [0, 0.1) is 47.3 Å². The molecule has 39 heavy (non-hydrogen) atoms. The van der Waals surface area contributed by atoms with E-state index >= 15 is 0 Å². The minimum atomic E-state index is -0.596. The van der Waals surface area contributed by atoms with Crippen molar-refractivity contribution in [3.05, 3.63) is 48.2 Å². The number of amides is 2. The second-order valence-corrected chi connectivity index (χ2v) is 13.5. The van der Waals surface area contributed by atoms with E-state index in [0.717, 1.165) is 30.5 Å². The lowest BCUT2D eigenvalue weighted by Crippen LogP contribution is -2.50. The molecule has 7 unspecified atom stereocenters. The normalized spacial score (nSPS) is 28.9. The summed E-state index contributed by atoms with van der Waals surface area (Å²) in [5.74, 6) is 3.65. The summed E-state index contributed by atoms with van der Waals surface area (Å²) in [6.45, 7) is 20.5. The van der Waals surface area contributed by atoms with Crippen molar-refractivity contribution in [3.63, 3.8) is 0 Å².